The van der Waals surface area contributed by atoms with Crippen LogP contribution in [0.1, 0.15) is 23.6 Å². The van der Waals surface area contributed by atoms with Crippen molar-refractivity contribution >= 4 is 11.6 Å². The van der Waals surface area contributed by atoms with E-state index in [1.807, 2.05) is 36.5 Å². The van der Waals surface area contributed by atoms with Gasteiger partial charge in [0.15, 0.2) is 0 Å². The second-order valence-corrected chi connectivity index (χ2v) is 5.49. The largest absolute Gasteiger partial charge is 0.324 e. The lowest BCUT2D eigenvalue weighted by molar-refractivity contribution is 0.311. The summed E-state index contributed by atoms with van der Waals surface area (Å²) in [7, 11) is 2.09. The third-order valence-electron chi connectivity index (χ3n) is 3.27. The zero-order valence-electron chi connectivity index (χ0n) is 11.7. The topological polar surface area (TPSA) is 42.1 Å². The van der Waals surface area contributed by atoms with Gasteiger partial charge in [0, 0.05) is 30.0 Å². The molecule has 1 atom stereocenters. The zero-order chi connectivity index (χ0) is 14.4. The molecule has 4 heteroatoms. The van der Waals surface area contributed by atoms with Crippen molar-refractivity contribution in [1.29, 1.82) is 0 Å². The van der Waals surface area contributed by atoms with Crippen molar-refractivity contribution in [2.75, 3.05) is 13.6 Å². The monoisotopic (exact) mass is 289 g/mol. The van der Waals surface area contributed by atoms with E-state index in [0.717, 1.165) is 30.1 Å². The Morgan fingerprint density at radius 1 is 1.30 bits per heavy atom. The van der Waals surface area contributed by atoms with Crippen molar-refractivity contribution in [3.05, 3.63) is 64.9 Å². The van der Waals surface area contributed by atoms with Gasteiger partial charge in [-0.15, -0.1) is 0 Å². The Labute approximate surface area is 125 Å². The van der Waals surface area contributed by atoms with Crippen LogP contribution in [-0.2, 0) is 6.54 Å². The molecule has 1 heterocycles. The molecule has 0 bridgehead atoms. The molecule has 0 aliphatic heterocycles. The molecule has 1 unspecified atom stereocenters. The van der Waals surface area contributed by atoms with E-state index < -0.39 is 0 Å². The molecule has 0 amide bonds. The molecule has 3 nitrogen and oxygen atoms in total. The number of nitrogens with two attached hydrogens (primary N) is 1. The minimum Gasteiger partial charge on any atom is -0.324 e. The number of hydrogen-bond donors (Lipinski definition) is 1. The average Bonchev–Trinajstić information content (AvgIpc) is 2.46. The van der Waals surface area contributed by atoms with E-state index in [1.165, 1.54) is 5.56 Å². The summed E-state index contributed by atoms with van der Waals surface area (Å²) in [6, 6.07) is 11.8. The molecule has 0 spiro atoms. The second kappa shape index (κ2) is 7.39. The van der Waals surface area contributed by atoms with Gasteiger partial charge in [-0.1, -0.05) is 29.8 Å². The molecule has 0 radical (unpaired) electrons. The fraction of sp³-hybridized carbons (Fsp3) is 0.312. The quantitative estimate of drug-likeness (QED) is 0.887. The number of halogens is 1. The normalized spacial score (nSPS) is 12.6. The van der Waals surface area contributed by atoms with Gasteiger partial charge in [-0.3, -0.25) is 4.98 Å². The van der Waals surface area contributed by atoms with E-state index in [9.17, 15) is 0 Å². The lowest BCUT2D eigenvalue weighted by Crippen LogP contribution is -2.23. The molecule has 0 aliphatic carbocycles. The van der Waals surface area contributed by atoms with Crippen molar-refractivity contribution in [2.24, 2.45) is 5.73 Å². The van der Waals surface area contributed by atoms with Crippen LogP contribution >= 0.6 is 11.6 Å². The van der Waals surface area contributed by atoms with Crippen molar-refractivity contribution in [2.45, 2.75) is 19.0 Å². The number of aromatic nitrogens is 1. The Balaban J connectivity index is 1.82. The first-order valence-corrected chi connectivity index (χ1v) is 7.11. The molecule has 106 valence electrons. The first kappa shape index (κ1) is 15.0. The molecule has 2 rings (SSSR count). The predicted molar refractivity (Wildman–Crippen MR) is 83.6 cm³/mol. The molecule has 1 aromatic carbocycles. The van der Waals surface area contributed by atoms with E-state index in [0.29, 0.717) is 0 Å². The number of pyridine rings is 1. The van der Waals surface area contributed by atoms with Gasteiger partial charge in [0.25, 0.3) is 0 Å². The SMILES string of the molecule is CN(CCC(N)c1cccc(Cl)c1)Cc1cccnc1. The molecule has 0 aliphatic rings. The van der Waals surface area contributed by atoms with Crippen LogP contribution in [0.15, 0.2) is 48.8 Å². The number of benzene rings is 1. The maximum Gasteiger partial charge on any atom is 0.0409 e. The van der Waals surface area contributed by atoms with Gasteiger partial charge in [-0.05, 0) is 49.3 Å². The summed E-state index contributed by atoms with van der Waals surface area (Å²) < 4.78 is 0. The first-order chi connectivity index (χ1) is 9.65. The van der Waals surface area contributed by atoms with Gasteiger partial charge in [0.05, 0.1) is 0 Å². The Hall–Kier alpha value is -1.42. The maximum atomic E-state index is 6.21. The van der Waals surface area contributed by atoms with Crippen molar-refractivity contribution < 1.29 is 0 Å². The van der Waals surface area contributed by atoms with Gasteiger partial charge >= 0.3 is 0 Å². The van der Waals surface area contributed by atoms with Crippen LogP contribution in [0.4, 0.5) is 0 Å². The Morgan fingerprint density at radius 2 is 2.15 bits per heavy atom. The first-order valence-electron chi connectivity index (χ1n) is 6.73. The highest BCUT2D eigenvalue weighted by molar-refractivity contribution is 6.30. The lowest BCUT2D eigenvalue weighted by Gasteiger charge is -2.19. The van der Waals surface area contributed by atoms with Gasteiger partial charge in [-0.25, -0.2) is 0 Å². The molecule has 20 heavy (non-hydrogen) atoms. The van der Waals surface area contributed by atoms with Crippen LogP contribution in [0, 0.1) is 0 Å². The van der Waals surface area contributed by atoms with E-state index in [2.05, 4.69) is 23.0 Å². The van der Waals surface area contributed by atoms with Crippen molar-refractivity contribution in [1.82, 2.24) is 9.88 Å². The second-order valence-electron chi connectivity index (χ2n) is 5.05. The van der Waals surface area contributed by atoms with E-state index in [4.69, 9.17) is 17.3 Å². The number of hydrogen-bond acceptors (Lipinski definition) is 3. The van der Waals surface area contributed by atoms with Crippen molar-refractivity contribution in [3.63, 3.8) is 0 Å². The highest BCUT2D eigenvalue weighted by atomic mass is 35.5. The smallest absolute Gasteiger partial charge is 0.0409 e. The van der Waals surface area contributed by atoms with Crippen LogP contribution in [0.3, 0.4) is 0 Å². The third-order valence-corrected chi connectivity index (χ3v) is 3.51. The van der Waals surface area contributed by atoms with E-state index in [1.54, 1.807) is 6.20 Å². The molecular formula is C16H20ClN3. The summed E-state index contributed by atoms with van der Waals surface area (Å²) in [5.41, 5.74) is 8.51. The summed E-state index contributed by atoms with van der Waals surface area (Å²) in [6.07, 6.45) is 4.59. The third kappa shape index (κ3) is 4.60. The van der Waals surface area contributed by atoms with Crippen LogP contribution in [-0.4, -0.2) is 23.5 Å². The van der Waals surface area contributed by atoms with Gasteiger partial charge in [0.2, 0.25) is 0 Å². The number of nitrogens with zero attached hydrogens (tertiary/aromatic N) is 2. The molecule has 0 saturated carbocycles. The predicted octanol–water partition coefficient (Wildman–Crippen LogP) is 3.26. The molecular weight excluding hydrogens is 270 g/mol. The van der Waals surface area contributed by atoms with Crippen LogP contribution in [0.25, 0.3) is 0 Å². The summed E-state index contributed by atoms with van der Waals surface area (Å²) in [6.45, 7) is 1.82. The van der Waals surface area contributed by atoms with Crippen LogP contribution < -0.4 is 5.73 Å². The molecule has 2 aromatic rings. The highest BCUT2D eigenvalue weighted by Gasteiger charge is 2.08. The van der Waals surface area contributed by atoms with Gasteiger partial charge < -0.3 is 10.6 Å². The number of rotatable bonds is 6. The van der Waals surface area contributed by atoms with Crippen molar-refractivity contribution in [3.8, 4) is 0 Å². The average molecular weight is 290 g/mol. The summed E-state index contributed by atoms with van der Waals surface area (Å²) in [5.74, 6) is 0. The van der Waals surface area contributed by atoms with E-state index >= 15 is 0 Å². The minimum absolute atomic E-state index is 0.0186. The fourth-order valence-electron chi connectivity index (χ4n) is 2.15. The summed E-state index contributed by atoms with van der Waals surface area (Å²) in [4.78, 5) is 6.38. The fourth-order valence-corrected chi connectivity index (χ4v) is 2.34. The van der Waals surface area contributed by atoms with Gasteiger partial charge in [-0.2, -0.15) is 0 Å². The van der Waals surface area contributed by atoms with Crippen LogP contribution in [0.5, 0.6) is 0 Å². The minimum atomic E-state index is 0.0186. The summed E-state index contributed by atoms with van der Waals surface area (Å²) >= 11 is 5.99. The Morgan fingerprint density at radius 3 is 2.85 bits per heavy atom. The molecule has 0 fully saturated rings. The lowest BCUT2D eigenvalue weighted by atomic mass is 10.0. The van der Waals surface area contributed by atoms with Gasteiger partial charge in [0.1, 0.15) is 0 Å². The van der Waals surface area contributed by atoms with Crippen LogP contribution in [0.2, 0.25) is 5.02 Å². The highest BCUT2D eigenvalue weighted by Crippen LogP contribution is 2.18. The molecule has 0 saturated heterocycles. The van der Waals surface area contributed by atoms with E-state index in [-0.39, 0.29) is 6.04 Å². The molecule has 1 aromatic heterocycles. The Bertz CT molecular complexity index is 530. The molecule has 2 N–H and O–H groups in total. The zero-order valence-corrected chi connectivity index (χ0v) is 12.4. The summed E-state index contributed by atoms with van der Waals surface area (Å²) in [5, 5.41) is 0.738. The Kier molecular flexibility index (Phi) is 5.53. The standard InChI is InChI=1S/C16H20ClN3/c1-20(12-13-4-3-8-19-11-13)9-7-16(18)14-5-2-6-15(17)10-14/h2-6,8,10-11,16H,7,9,12,18H2,1H3. The maximum absolute atomic E-state index is 6.21.